The molecule has 0 spiro atoms. The lowest BCUT2D eigenvalue weighted by atomic mass is 9.75. The Bertz CT molecular complexity index is 1560. The number of hydrogen-bond donors (Lipinski definition) is 7. The van der Waals surface area contributed by atoms with E-state index >= 15 is 0 Å². The Kier molecular flexibility index (Phi) is 15.0. The Hall–Kier alpha value is -3.00. The van der Waals surface area contributed by atoms with E-state index in [1.54, 1.807) is 39.8 Å². The van der Waals surface area contributed by atoms with Crippen molar-refractivity contribution in [3.63, 3.8) is 0 Å². The van der Waals surface area contributed by atoms with Crippen LogP contribution in [0.15, 0.2) is 12.1 Å². The zero-order chi connectivity index (χ0) is 39.3. The number of Topliss-reactive ketones (excluding diaryl/α,β-unsaturated/α-hetero) is 2. The van der Waals surface area contributed by atoms with Gasteiger partial charge >= 0.3 is 0 Å². The van der Waals surface area contributed by atoms with E-state index in [0.717, 1.165) is 0 Å². The zero-order valence-electron chi connectivity index (χ0n) is 31.1. The second-order valence-electron chi connectivity index (χ2n) is 14.0. The molecule has 2 aliphatic rings. The Morgan fingerprint density at radius 2 is 1.64 bits per heavy atom. The number of hydrogen-bond acceptors (Lipinski definition) is 16. The summed E-state index contributed by atoms with van der Waals surface area (Å²) in [6.45, 7) is 8.38. The van der Waals surface area contributed by atoms with Crippen molar-refractivity contribution in [1.29, 1.82) is 0 Å². The van der Waals surface area contributed by atoms with Gasteiger partial charge in [-0.1, -0.05) is 0 Å². The minimum Gasteiger partial charge on any atom is -0.507 e. The normalized spacial score (nSPS) is 26.0. The van der Waals surface area contributed by atoms with Crippen LogP contribution in [0.5, 0.6) is 17.2 Å². The van der Waals surface area contributed by atoms with E-state index < -0.39 is 97.4 Å². The van der Waals surface area contributed by atoms with Crippen molar-refractivity contribution in [1.82, 2.24) is 0 Å². The van der Waals surface area contributed by atoms with Crippen molar-refractivity contribution in [3.05, 3.63) is 28.8 Å². The predicted molar refractivity (Wildman–Crippen MR) is 187 cm³/mol. The number of aromatic hydroxyl groups is 2. The van der Waals surface area contributed by atoms with Crippen LogP contribution < -0.4 is 4.74 Å². The van der Waals surface area contributed by atoms with Crippen LogP contribution in [0.25, 0.3) is 10.8 Å². The first kappa shape index (κ1) is 42.7. The summed E-state index contributed by atoms with van der Waals surface area (Å²) in [5.74, 6) is -3.34. The predicted octanol–water partition coefficient (Wildman–Crippen LogP) is 1.37. The van der Waals surface area contributed by atoms with Gasteiger partial charge in [0.15, 0.2) is 17.9 Å². The maximum atomic E-state index is 14.2. The molecule has 1 aliphatic heterocycles. The number of rotatable bonds is 18. The van der Waals surface area contributed by atoms with E-state index in [2.05, 4.69) is 0 Å². The molecule has 4 rings (SSSR count). The van der Waals surface area contributed by atoms with Crippen molar-refractivity contribution < 1.29 is 78.5 Å². The molecule has 1 fully saturated rings. The highest BCUT2D eigenvalue weighted by Gasteiger charge is 2.47. The molecule has 0 saturated carbocycles. The number of benzene rings is 2. The monoisotopic (exact) mass is 754 g/mol. The fourth-order valence-corrected chi connectivity index (χ4v) is 6.39. The lowest BCUT2D eigenvalue weighted by molar-refractivity contribution is -0.180. The molecule has 1 heterocycles. The molecule has 12 atom stereocenters. The summed E-state index contributed by atoms with van der Waals surface area (Å²) in [7, 11) is 1.21. The molecule has 0 bridgehead atoms. The molecule has 53 heavy (non-hydrogen) atoms. The molecule has 2 aromatic carbocycles. The van der Waals surface area contributed by atoms with Gasteiger partial charge in [-0.3, -0.25) is 9.59 Å². The van der Waals surface area contributed by atoms with Gasteiger partial charge in [-0.15, -0.1) is 0 Å². The first-order valence-electron chi connectivity index (χ1n) is 17.7. The van der Waals surface area contributed by atoms with Crippen LogP contribution in [0.4, 0.5) is 0 Å². The summed E-state index contributed by atoms with van der Waals surface area (Å²) in [6.07, 6.45) is -10.5. The molecule has 7 N–H and O–H groups in total. The molecule has 2 aromatic rings. The number of ether oxygens (including phenoxy) is 7. The quantitative estimate of drug-likeness (QED) is 0.0840. The molecular weight excluding hydrogens is 700 g/mol. The van der Waals surface area contributed by atoms with Gasteiger partial charge in [0.1, 0.15) is 55.3 Å². The number of carbonyl (C=O) groups excluding carboxylic acids is 2. The largest absolute Gasteiger partial charge is 0.507 e. The lowest BCUT2D eigenvalue weighted by Gasteiger charge is -2.37. The summed E-state index contributed by atoms with van der Waals surface area (Å²) >= 11 is 0. The topological polar surface area (TPSA) is 240 Å². The first-order chi connectivity index (χ1) is 25.0. The van der Waals surface area contributed by atoms with Crippen LogP contribution in [0.3, 0.4) is 0 Å². The Balaban J connectivity index is 1.61. The lowest BCUT2D eigenvalue weighted by Crippen LogP contribution is -2.52. The maximum absolute atomic E-state index is 14.2. The van der Waals surface area contributed by atoms with Crippen molar-refractivity contribution >= 4 is 22.3 Å². The van der Waals surface area contributed by atoms with Crippen molar-refractivity contribution in [2.45, 2.75) is 128 Å². The van der Waals surface area contributed by atoms with Gasteiger partial charge in [-0.2, -0.15) is 0 Å². The van der Waals surface area contributed by atoms with Crippen molar-refractivity contribution in [2.24, 2.45) is 5.92 Å². The van der Waals surface area contributed by atoms with Gasteiger partial charge in [0.05, 0.1) is 54.2 Å². The fraction of sp³-hybridized carbons (Fsp3) is 0.676. The molecule has 16 nitrogen and oxygen atoms in total. The minimum absolute atomic E-state index is 0.0174. The van der Waals surface area contributed by atoms with Crippen LogP contribution in [0, 0.1) is 12.8 Å². The summed E-state index contributed by atoms with van der Waals surface area (Å²) in [5, 5.41) is 73.7. The number of carbonyl (C=O) groups is 2. The fourth-order valence-electron chi connectivity index (χ4n) is 6.39. The number of aliphatic hydroxyl groups excluding tert-OH is 5. The molecule has 298 valence electrons. The molecule has 16 heteroatoms. The van der Waals surface area contributed by atoms with Crippen molar-refractivity contribution in [3.8, 4) is 17.2 Å². The highest BCUT2D eigenvalue weighted by atomic mass is 16.7. The second-order valence-corrected chi connectivity index (χ2v) is 14.0. The average Bonchev–Trinajstić information content (AvgIpc) is 3.10. The zero-order valence-corrected chi connectivity index (χ0v) is 31.1. The van der Waals surface area contributed by atoms with E-state index in [-0.39, 0.29) is 47.8 Å². The van der Waals surface area contributed by atoms with Gasteiger partial charge in [0.25, 0.3) is 0 Å². The number of phenols is 2. The van der Waals surface area contributed by atoms with E-state index in [4.69, 9.17) is 33.2 Å². The number of phenolic OH excluding ortho intramolecular Hbond substituents is 2. The standard InChI is InChI=1S/C37H54O16/c1-16-27(53-28-9-8-25(40)21(6)52-28)12-23-10-22-11-24(36(47-7)35(46)32(43)18(3)39)37(34(45)30(22)33(44)29(23)31(16)42)51-15-50-20(5)26(41)13-48-14-49-19(4)17(2)38/h10,12,17-21,24-26,28,32,36-44H,8-9,11,13-15H2,1-7H3/t17-,18-,19?,20?,21?,24?,25+,26+,28+,32+,36+,37+/m1/s1. The Morgan fingerprint density at radius 1 is 0.962 bits per heavy atom. The number of fused-ring (bicyclic) bond motifs is 2. The minimum atomic E-state index is -1.84. The molecule has 1 saturated heterocycles. The number of ketones is 2. The van der Waals surface area contributed by atoms with Crippen LogP contribution in [-0.4, -0.2) is 142 Å². The molecular formula is C37H54O16. The van der Waals surface area contributed by atoms with Gasteiger partial charge in [-0.05, 0) is 77.5 Å². The van der Waals surface area contributed by atoms with E-state index in [0.29, 0.717) is 23.8 Å². The molecule has 0 radical (unpaired) electrons. The van der Waals surface area contributed by atoms with E-state index in [9.17, 15) is 45.3 Å². The van der Waals surface area contributed by atoms with Crippen LogP contribution in [-0.2, 0) is 39.6 Å². The number of aliphatic hydroxyl groups is 5. The first-order valence-corrected chi connectivity index (χ1v) is 17.7. The van der Waals surface area contributed by atoms with Gasteiger partial charge < -0.3 is 68.9 Å². The Labute approximate surface area is 308 Å². The Morgan fingerprint density at radius 3 is 2.26 bits per heavy atom. The molecule has 1 aliphatic carbocycles. The summed E-state index contributed by atoms with van der Waals surface area (Å²) in [6, 6.07) is 3.17. The summed E-state index contributed by atoms with van der Waals surface area (Å²) in [4.78, 5) is 27.6. The van der Waals surface area contributed by atoms with E-state index in [1.807, 2.05) is 0 Å². The van der Waals surface area contributed by atoms with Gasteiger partial charge in [-0.25, -0.2) is 0 Å². The summed E-state index contributed by atoms with van der Waals surface area (Å²) < 4.78 is 39.5. The maximum Gasteiger partial charge on any atom is 0.200 e. The third kappa shape index (κ3) is 9.82. The third-order valence-electron chi connectivity index (χ3n) is 10.0. The van der Waals surface area contributed by atoms with Gasteiger partial charge in [0.2, 0.25) is 0 Å². The van der Waals surface area contributed by atoms with E-state index in [1.165, 1.54) is 21.0 Å². The van der Waals surface area contributed by atoms with Crippen LogP contribution >= 0.6 is 0 Å². The van der Waals surface area contributed by atoms with Gasteiger partial charge in [0, 0.05) is 25.0 Å². The second kappa shape index (κ2) is 18.6. The summed E-state index contributed by atoms with van der Waals surface area (Å²) in [5.41, 5.74) is 0.405. The third-order valence-corrected chi connectivity index (χ3v) is 10.0. The smallest absolute Gasteiger partial charge is 0.200 e. The number of methoxy groups -OCH3 is 1. The van der Waals surface area contributed by atoms with Crippen LogP contribution in [0.2, 0.25) is 0 Å². The molecule has 0 amide bonds. The highest BCUT2D eigenvalue weighted by Crippen LogP contribution is 2.46. The molecule has 0 aromatic heterocycles. The van der Waals surface area contributed by atoms with Crippen LogP contribution in [0.1, 0.15) is 68.9 Å². The average molecular weight is 755 g/mol. The van der Waals surface area contributed by atoms with Crippen molar-refractivity contribution in [2.75, 3.05) is 27.3 Å². The highest BCUT2D eigenvalue weighted by molar-refractivity contribution is 6.11. The molecule has 4 unspecified atom stereocenters. The SMILES string of the molecule is CO[C@H](C(=O)[C@@H](O)[C@@H](C)O)C1Cc2cc3cc(O[C@H]4CC[C@H](O)C(C)O4)c(C)c(O)c3c(O)c2C(=O)[C@H]1OCOC(C)[C@@H](O)COCOC(C)[C@@H](C)O.